The molecule has 1 rings (SSSR count). The third-order valence-electron chi connectivity index (χ3n) is 2.45. The van der Waals surface area contributed by atoms with Gasteiger partial charge >= 0.3 is 0 Å². The van der Waals surface area contributed by atoms with Crippen molar-refractivity contribution in [1.29, 1.82) is 0 Å². The van der Waals surface area contributed by atoms with Gasteiger partial charge in [-0.2, -0.15) is 0 Å². The van der Waals surface area contributed by atoms with E-state index < -0.39 is 0 Å². The molecule has 0 unspecified atom stereocenters. The van der Waals surface area contributed by atoms with E-state index >= 15 is 0 Å². The number of hydrogen-bond acceptors (Lipinski definition) is 2. The maximum atomic E-state index is 5.67. The highest BCUT2D eigenvalue weighted by Gasteiger charge is 2.02. The fourth-order valence-electron chi connectivity index (χ4n) is 1.41. The number of rotatable bonds is 6. The van der Waals surface area contributed by atoms with Crippen LogP contribution in [0, 0.1) is 6.92 Å². The lowest BCUT2D eigenvalue weighted by Gasteiger charge is -2.10. The van der Waals surface area contributed by atoms with Crippen molar-refractivity contribution < 1.29 is 4.74 Å². The van der Waals surface area contributed by atoms with Gasteiger partial charge in [-0.15, -0.1) is 0 Å². The fourth-order valence-corrected chi connectivity index (χ4v) is 1.41. The van der Waals surface area contributed by atoms with Crippen LogP contribution >= 0.6 is 0 Å². The molecule has 0 aliphatic carbocycles. The molecule has 2 nitrogen and oxygen atoms in total. The van der Waals surface area contributed by atoms with Crippen molar-refractivity contribution in [3.05, 3.63) is 35.9 Å². The van der Waals surface area contributed by atoms with Gasteiger partial charge in [-0.1, -0.05) is 19.9 Å². The molecule has 1 aromatic rings. The van der Waals surface area contributed by atoms with Crippen LogP contribution in [0.15, 0.2) is 29.8 Å². The van der Waals surface area contributed by atoms with E-state index in [1.807, 2.05) is 25.1 Å². The van der Waals surface area contributed by atoms with Gasteiger partial charge in [-0.3, -0.25) is 4.99 Å². The van der Waals surface area contributed by atoms with Crippen LogP contribution in [0.3, 0.4) is 0 Å². The summed E-state index contributed by atoms with van der Waals surface area (Å²) in [5.41, 5.74) is 2.80. The Hall–Kier alpha value is -1.57. The zero-order valence-electron chi connectivity index (χ0n) is 10.1. The van der Waals surface area contributed by atoms with Crippen molar-refractivity contribution >= 4 is 12.4 Å². The molecule has 86 valence electrons. The van der Waals surface area contributed by atoms with E-state index in [9.17, 15) is 0 Å². The topological polar surface area (TPSA) is 21.6 Å². The maximum Gasteiger partial charge on any atom is 0.122 e. The van der Waals surface area contributed by atoms with Crippen molar-refractivity contribution in [1.82, 2.24) is 0 Å². The summed E-state index contributed by atoms with van der Waals surface area (Å²) >= 11 is 0. The number of nitrogens with zero attached hydrogens (tertiary/aromatic N) is 1. The van der Waals surface area contributed by atoms with Crippen molar-refractivity contribution in [2.75, 3.05) is 6.61 Å². The quantitative estimate of drug-likeness (QED) is 0.524. The summed E-state index contributed by atoms with van der Waals surface area (Å²) in [7, 11) is 0. The molecule has 0 spiro atoms. The number of ether oxygens (including phenoxy) is 1. The lowest BCUT2D eigenvalue weighted by atomic mass is 10.1. The second-order valence-corrected chi connectivity index (χ2v) is 3.79. The Kier molecular flexibility index (Phi) is 4.77. The lowest BCUT2D eigenvalue weighted by molar-refractivity contribution is 0.307. The van der Waals surface area contributed by atoms with E-state index in [0.29, 0.717) is 5.70 Å². The number of aliphatic imine (C=N–C) groups is 1. The highest BCUT2D eigenvalue weighted by atomic mass is 16.5. The second-order valence-electron chi connectivity index (χ2n) is 3.79. The van der Waals surface area contributed by atoms with Crippen molar-refractivity contribution in [3.63, 3.8) is 0 Å². The summed E-state index contributed by atoms with van der Waals surface area (Å²) in [4.78, 5) is 3.82. The molecule has 0 radical (unpaired) electrons. The van der Waals surface area contributed by atoms with Gasteiger partial charge in [-0.05, 0) is 49.4 Å². The summed E-state index contributed by atoms with van der Waals surface area (Å²) in [6.45, 7) is 12.2. The molecule has 0 atom stereocenters. The molecule has 0 heterocycles. The Morgan fingerprint density at radius 1 is 1.44 bits per heavy atom. The first-order chi connectivity index (χ1) is 7.69. The molecule has 0 aliphatic heterocycles. The van der Waals surface area contributed by atoms with Crippen LogP contribution in [0.2, 0.25) is 0 Å². The minimum Gasteiger partial charge on any atom is -0.493 e. The molecule has 0 amide bonds. The number of hydrogen-bond donors (Lipinski definition) is 0. The fraction of sp³-hybridized carbons (Fsp3) is 0.357. The third-order valence-corrected chi connectivity index (χ3v) is 2.45. The third kappa shape index (κ3) is 3.23. The molecule has 0 bridgehead atoms. The van der Waals surface area contributed by atoms with E-state index in [1.165, 1.54) is 0 Å². The summed E-state index contributed by atoms with van der Waals surface area (Å²) in [6.07, 6.45) is 2.23. The number of benzene rings is 1. The number of aryl methyl sites for hydroxylation is 1. The van der Waals surface area contributed by atoms with E-state index in [-0.39, 0.29) is 0 Å². The largest absolute Gasteiger partial charge is 0.493 e. The minimum atomic E-state index is 0.697. The van der Waals surface area contributed by atoms with Crippen LogP contribution in [0.25, 0.3) is 5.70 Å². The average molecular weight is 217 g/mol. The highest BCUT2D eigenvalue weighted by Crippen LogP contribution is 2.23. The van der Waals surface area contributed by atoms with Crippen LogP contribution in [0.1, 0.15) is 30.9 Å². The zero-order chi connectivity index (χ0) is 12.0. The van der Waals surface area contributed by atoms with Gasteiger partial charge in [0.1, 0.15) is 5.75 Å². The van der Waals surface area contributed by atoms with Crippen molar-refractivity contribution in [2.45, 2.75) is 26.7 Å². The monoisotopic (exact) mass is 217 g/mol. The van der Waals surface area contributed by atoms with Crippen LogP contribution in [0.4, 0.5) is 0 Å². The first kappa shape index (κ1) is 12.5. The van der Waals surface area contributed by atoms with Gasteiger partial charge in [0.05, 0.1) is 12.3 Å². The van der Waals surface area contributed by atoms with E-state index in [0.717, 1.165) is 36.3 Å². The molecule has 16 heavy (non-hydrogen) atoms. The van der Waals surface area contributed by atoms with Gasteiger partial charge in [-0.25, -0.2) is 0 Å². The zero-order valence-corrected chi connectivity index (χ0v) is 10.1. The minimum absolute atomic E-state index is 0.697. The molecule has 0 saturated carbocycles. The van der Waals surface area contributed by atoms with Gasteiger partial charge in [0, 0.05) is 0 Å². The lowest BCUT2D eigenvalue weighted by Crippen LogP contribution is -1.98. The Morgan fingerprint density at radius 3 is 2.75 bits per heavy atom. The van der Waals surface area contributed by atoms with Gasteiger partial charge in [0.15, 0.2) is 0 Å². The molecular weight excluding hydrogens is 198 g/mol. The summed E-state index contributed by atoms with van der Waals surface area (Å²) in [6, 6.07) is 5.96. The van der Waals surface area contributed by atoms with Crippen LogP contribution in [-0.2, 0) is 0 Å². The highest BCUT2D eigenvalue weighted by molar-refractivity contribution is 5.67. The normalized spacial score (nSPS) is 9.88. The molecule has 0 fully saturated rings. The molecular formula is C14H19NO. The molecule has 0 N–H and O–H groups in total. The first-order valence-corrected chi connectivity index (χ1v) is 5.58. The second kappa shape index (κ2) is 6.11. The van der Waals surface area contributed by atoms with E-state index in [1.54, 1.807) is 0 Å². The Labute approximate surface area is 97.7 Å². The van der Waals surface area contributed by atoms with Crippen molar-refractivity contribution in [3.8, 4) is 5.75 Å². The van der Waals surface area contributed by atoms with Crippen LogP contribution < -0.4 is 4.74 Å². The molecule has 1 aromatic carbocycles. The summed E-state index contributed by atoms with van der Waals surface area (Å²) < 4.78 is 5.67. The maximum absolute atomic E-state index is 5.67. The smallest absolute Gasteiger partial charge is 0.122 e. The van der Waals surface area contributed by atoms with Crippen LogP contribution in [-0.4, -0.2) is 13.3 Å². The average Bonchev–Trinajstić information content (AvgIpc) is 2.30. The van der Waals surface area contributed by atoms with Crippen molar-refractivity contribution in [2.24, 2.45) is 4.99 Å². The molecule has 0 saturated heterocycles. The summed E-state index contributed by atoms with van der Waals surface area (Å²) in [5, 5.41) is 0. The molecule has 0 aromatic heterocycles. The Bertz CT molecular complexity index is 382. The van der Waals surface area contributed by atoms with E-state index in [4.69, 9.17) is 4.74 Å². The summed E-state index contributed by atoms with van der Waals surface area (Å²) in [5.74, 6) is 0.939. The van der Waals surface area contributed by atoms with Gasteiger partial charge in [0.2, 0.25) is 0 Å². The standard InChI is InChI=1S/C14H19NO/c1-5-6-9-16-14-8-7-13(10-11(14)2)12(3)15-4/h7-8,10H,3-6,9H2,1-2H3. The van der Waals surface area contributed by atoms with Gasteiger partial charge in [0.25, 0.3) is 0 Å². The predicted octanol–water partition coefficient (Wildman–Crippen LogP) is 3.85. The molecule has 0 aliphatic rings. The van der Waals surface area contributed by atoms with Gasteiger partial charge < -0.3 is 4.74 Å². The Balaban J connectivity index is 2.75. The number of unbranched alkanes of at least 4 members (excludes halogenated alkanes) is 1. The SMILES string of the molecule is C=NC(=C)c1ccc(OCCCC)c(C)c1. The molecule has 2 heteroatoms. The van der Waals surface area contributed by atoms with E-state index in [2.05, 4.69) is 25.2 Å². The first-order valence-electron chi connectivity index (χ1n) is 5.58. The predicted molar refractivity (Wildman–Crippen MR) is 70.2 cm³/mol. The van der Waals surface area contributed by atoms with Crippen LogP contribution in [0.5, 0.6) is 5.75 Å². The Morgan fingerprint density at radius 2 is 2.19 bits per heavy atom.